The van der Waals surface area contributed by atoms with Gasteiger partial charge >= 0.3 is 0 Å². The van der Waals surface area contributed by atoms with E-state index in [9.17, 15) is 4.79 Å². The quantitative estimate of drug-likeness (QED) is 0.351. The highest BCUT2D eigenvalue weighted by atomic mass is 32.2. The summed E-state index contributed by atoms with van der Waals surface area (Å²) in [5, 5.41) is 14.0. The summed E-state index contributed by atoms with van der Waals surface area (Å²) in [6.45, 7) is 1.93. The molecule has 1 amide bonds. The fraction of sp³-hybridized carbons (Fsp3) is 0.200. The number of nitrogens with one attached hydrogen (secondary N) is 3. The van der Waals surface area contributed by atoms with Crippen LogP contribution in [0.1, 0.15) is 18.5 Å². The third kappa shape index (κ3) is 3.81. The van der Waals surface area contributed by atoms with E-state index in [4.69, 9.17) is 10.7 Å². The zero-order valence-electron chi connectivity index (χ0n) is 16.2. The van der Waals surface area contributed by atoms with Gasteiger partial charge in [0, 0.05) is 34.3 Å². The van der Waals surface area contributed by atoms with Crippen LogP contribution in [0, 0.1) is 12.8 Å². The first-order valence-corrected chi connectivity index (χ1v) is 10.4. The maximum Gasteiger partial charge on any atom is 0.227 e. The minimum Gasteiger partial charge on any atom is -0.383 e. The summed E-state index contributed by atoms with van der Waals surface area (Å²) in [5.74, 6) is 1.95. The van der Waals surface area contributed by atoms with Crippen molar-refractivity contribution in [3.05, 3.63) is 48.3 Å². The first kappa shape index (κ1) is 18.5. The Morgan fingerprint density at radius 1 is 1.27 bits per heavy atom. The van der Waals surface area contributed by atoms with Gasteiger partial charge < -0.3 is 16.4 Å². The van der Waals surface area contributed by atoms with Crippen molar-refractivity contribution in [2.75, 3.05) is 16.4 Å². The van der Waals surface area contributed by atoms with Crippen LogP contribution in [0.2, 0.25) is 0 Å². The number of aryl methyl sites for hydroxylation is 1. The van der Waals surface area contributed by atoms with Gasteiger partial charge in [-0.2, -0.15) is 5.10 Å². The van der Waals surface area contributed by atoms with Crippen LogP contribution in [0.25, 0.3) is 5.65 Å². The molecule has 1 aromatic carbocycles. The van der Waals surface area contributed by atoms with E-state index >= 15 is 0 Å². The van der Waals surface area contributed by atoms with Gasteiger partial charge in [-0.05, 0) is 44.0 Å². The lowest BCUT2D eigenvalue weighted by molar-refractivity contribution is -0.117. The van der Waals surface area contributed by atoms with Crippen molar-refractivity contribution in [1.82, 2.24) is 24.6 Å². The molecule has 5 N–H and O–H groups in total. The van der Waals surface area contributed by atoms with Crippen LogP contribution < -0.4 is 16.4 Å². The SMILES string of the molecule is Cc1cc(Nc2nc(Sc3ccc(NC(=O)C4CC4)cc3)cc3ncc(N)n23)n[nH]1. The molecule has 1 saturated carbocycles. The second kappa shape index (κ2) is 7.38. The van der Waals surface area contributed by atoms with Crippen LogP contribution >= 0.6 is 11.8 Å². The third-order valence-electron chi connectivity index (χ3n) is 4.74. The van der Waals surface area contributed by atoms with Gasteiger partial charge in [-0.1, -0.05) is 11.8 Å². The monoisotopic (exact) mass is 420 g/mol. The normalized spacial score (nSPS) is 13.5. The number of nitrogens with two attached hydrogens (primary N) is 1. The molecule has 0 aliphatic heterocycles. The first-order valence-electron chi connectivity index (χ1n) is 9.57. The molecule has 0 radical (unpaired) electrons. The highest BCUT2D eigenvalue weighted by Crippen LogP contribution is 2.32. The second-order valence-electron chi connectivity index (χ2n) is 7.25. The van der Waals surface area contributed by atoms with Gasteiger partial charge in [-0.3, -0.25) is 9.89 Å². The minimum atomic E-state index is 0.101. The molecule has 30 heavy (non-hydrogen) atoms. The summed E-state index contributed by atoms with van der Waals surface area (Å²) in [5.41, 5.74) is 8.50. The number of carbonyl (C=O) groups excluding carboxylic acids is 1. The third-order valence-corrected chi connectivity index (χ3v) is 5.66. The van der Waals surface area contributed by atoms with E-state index in [-0.39, 0.29) is 11.8 Å². The van der Waals surface area contributed by atoms with E-state index in [0.717, 1.165) is 34.1 Å². The molecule has 10 heteroatoms. The number of carbonyl (C=O) groups is 1. The Kier molecular flexibility index (Phi) is 4.55. The van der Waals surface area contributed by atoms with Crippen LogP contribution in [0.4, 0.5) is 23.3 Å². The molecule has 4 aromatic rings. The van der Waals surface area contributed by atoms with E-state index in [2.05, 4.69) is 25.8 Å². The van der Waals surface area contributed by atoms with E-state index in [1.807, 2.05) is 43.3 Å². The average molecular weight is 421 g/mol. The maximum atomic E-state index is 11.9. The number of aromatic nitrogens is 5. The summed E-state index contributed by atoms with van der Waals surface area (Å²) in [6, 6.07) is 11.5. The van der Waals surface area contributed by atoms with Crippen LogP contribution in [-0.2, 0) is 4.79 Å². The van der Waals surface area contributed by atoms with Crippen LogP contribution in [-0.4, -0.2) is 30.5 Å². The largest absolute Gasteiger partial charge is 0.383 e. The lowest BCUT2D eigenvalue weighted by Crippen LogP contribution is -2.12. The molecular weight excluding hydrogens is 400 g/mol. The molecule has 1 fully saturated rings. The summed E-state index contributed by atoms with van der Waals surface area (Å²) in [6.07, 6.45) is 3.57. The number of rotatable bonds is 6. The molecule has 1 aliphatic rings. The van der Waals surface area contributed by atoms with Gasteiger partial charge in [0.2, 0.25) is 11.9 Å². The lowest BCUT2D eigenvalue weighted by Gasteiger charge is -2.10. The Balaban J connectivity index is 1.39. The van der Waals surface area contributed by atoms with E-state index < -0.39 is 0 Å². The van der Waals surface area contributed by atoms with Gasteiger partial charge in [0.05, 0.1) is 6.20 Å². The average Bonchev–Trinajstić information content (AvgIpc) is 3.41. The number of fused-ring (bicyclic) bond motifs is 1. The molecule has 9 nitrogen and oxygen atoms in total. The Morgan fingerprint density at radius 2 is 2.07 bits per heavy atom. The van der Waals surface area contributed by atoms with Gasteiger partial charge in [0.1, 0.15) is 16.5 Å². The topological polar surface area (TPSA) is 126 Å². The number of H-pyrrole nitrogens is 1. The molecule has 152 valence electrons. The molecule has 5 rings (SSSR count). The van der Waals surface area contributed by atoms with Crippen molar-refractivity contribution in [1.29, 1.82) is 0 Å². The highest BCUT2D eigenvalue weighted by Gasteiger charge is 2.29. The number of hydrogen-bond acceptors (Lipinski definition) is 7. The number of hydrogen-bond donors (Lipinski definition) is 4. The number of aromatic amines is 1. The molecule has 0 saturated heterocycles. The number of nitrogen functional groups attached to an aromatic ring is 1. The molecule has 3 aromatic heterocycles. The second-order valence-corrected chi connectivity index (χ2v) is 8.34. The fourth-order valence-corrected chi connectivity index (χ4v) is 3.87. The van der Waals surface area contributed by atoms with Crippen LogP contribution in [0.15, 0.2) is 52.5 Å². The number of amides is 1. The minimum absolute atomic E-state index is 0.101. The van der Waals surface area contributed by atoms with E-state index in [1.54, 1.807) is 10.6 Å². The molecule has 3 heterocycles. The lowest BCUT2D eigenvalue weighted by atomic mass is 10.3. The zero-order chi connectivity index (χ0) is 20.7. The van der Waals surface area contributed by atoms with Gasteiger partial charge in [-0.15, -0.1) is 0 Å². The van der Waals surface area contributed by atoms with Gasteiger partial charge in [0.25, 0.3) is 0 Å². The zero-order valence-corrected chi connectivity index (χ0v) is 17.0. The molecule has 0 spiro atoms. The highest BCUT2D eigenvalue weighted by molar-refractivity contribution is 7.99. The van der Waals surface area contributed by atoms with Crippen LogP contribution in [0.5, 0.6) is 0 Å². The van der Waals surface area contributed by atoms with E-state index in [1.165, 1.54) is 11.8 Å². The van der Waals surface area contributed by atoms with Crippen molar-refractivity contribution in [3.63, 3.8) is 0 Å². The van der Waals surface area contributed by atoms with Crippen molar-refractivity contribution in [3.8, 4) is 0 Å². The van der Waals surface area contributed by atoms with Gasteiger partial charge in [0.15, 0.2) is 5.82 Å². The first-order chi connectivity index (χ1) is 14.5. The smallest absolute Gasteiger partial charge is 0.227 e. The predicted molar refractivity (Wildman–Crippen MR) is 116 cm³/mol. The number of benzene rings is 1. The van der Waals surface area contributed by atoms with Crippen molar-refractivity contribution < 1.29 is 4.79 Å². The Morgan fingerprint density at radius 3 is 2.77 bits per heavy atom. The molecule has 1 aliphatic carbocycles. The Labute approximate surface area is 176 Å². The standard InChI is InChI=1S/C20H20N8OS/c1-11-8-16(27-26-11)24-20-25-18(9-17-22-10-15(21)28(17)20)30-14-6-4-13(5-7-14)23-19(29)12-2-3-12/h4-10,12H,2-3,21H2,1H3,(H,23,29)(H2,24,25,26,27). The van der Waals surface area contributed by atoms with Crippen molar-refractivity contribution in [2.24, 2.45) is 5.92 Å². The Hall–Kier alpha value is -3.53. The molecule has 0 atom stereocenters. The fourth-order valence-electron chi connectivity index (χ4n) is 3.06. The number of imidazole rings is 1. The number of anilines is 4. The molecule has 0 bridgehead atoms. The van der Waals surface area contributed by atoms with Crippen molar-refractivity contribution in [2.45, 2.75) is 29.7 Å². The van der Waals surface area contributed by atoms with Gasteiger partial charge in [-0.25, -0.2) is 14.4 Å². The van der Waals surface area contributed by atoms with E-state index in [0.29, 0.717) is 23.2 Å². The molecule has 0 unspecified atom stereocenters. The predicted octanol–water partition coefficient (Wildman–Crippen LogP) is 3.59. The number of nitrogens with zero attached hydrogens (tertiary/aromatic N) is 4. The summed E-state index contributed by atoms with van der Waals surface area (Å²) >= 11 is 1.50. The van der Waals surface area contributed by atoms with Crippen LogP contribution in [0.3, 0.4) is 0 Å². The summed E-state index contributed by atoms with van der Waals surface area (Å²) < 4.78 is 1.74. The summed E-state index contributed by atoms with van der Waals surface area (Å²) in [7, 11) is 0. The maximum absolute atomic E-state index is 11.9. The Bertz CT molecular complexity index is 1230. The molecular formula is C20H20N8OS. The summed E-state index contributed by atoms with van der Waals surface area (Å²) in [4.78, 5) is 22.0. The van der Waals surface area contributed by atoms with Crippen molar-refractivity contribution >= 4 is 46.6 Å².